The predicted molar refractivity (Wildman–Crippen MR) is 97.1 cm³/mol. The van der Waals surface area contributed by atoms with Gasteiger partial charge < -0.3 is 24.8 Å². The summed E-state index contributed by atoms with van der Waals surface area (Å²) in [5, 5.41) is 28.4. The number of phenolic OH excluding ortho intramolecular Hbond substituents is 3. The first-order valence-corrected chi connectivity index (χ1v) is 8.07. The van der Waals surface area contributed by atoms with Gasteiger partial charge in [0.2, 0.25) is 0 Å². The summed E-state index contributed by atoms with van der Waals surface area (Å²) in [7, 11) is 1.24. The molecule has 0 fully saturated rings. The van der Waals surface area contributed by atoms with E-state index in [4.69, 9.17) is 4.74 Å². The average molecular weight is 372 g/mol. The normalized spacial score (nSPS) is 11.9. The van der Waals surface area contributed by atoms with Crippen LogP contribution in [-0.4, -0.2) is 34.4 Å². The molecule has 7 heteroatoms. The number of ether oxygens (including phenoxy) is 2. The zero-order valence-electron chi connectivity index (χ0n) is 14.9. The summed E-state index contributed by atoms with van der Waals surface area (Å²) in [6.45, 7) is 1.69. The van der Waals surface area contributed by atoms with Crippen LogP contribution in [0.2, 0.25) is 0 Å². The van der Waals surface area contributed by atoms with Gasteiger partial charge in [0.1, 0.15) is 11.9 Å². The second kappa shape index (κ2) is 8.75. The van der Waals surface area contributed by atoms with Gasteiger partial charge in [0.05, 0.1) is 13.5 Å². The maximum absolute atomic E-state index is 12.2. The van der Waals surface area contributed by atoms with Crippen LogP contribution in [0.15, 0.2) is 42.5 Å². The topological polar surface area (TPSA) is 113 Å². The van der Waals surface area contributed by atoms with Gasteiger partial charge in [-0.25, -0.2) is 4.79 Å². The number of aromatic hydroxyl groups is 3. The number of esters is 2. The molecule has 0 saturated carbocycles. The van der Waals surface area contributed by atoms with Crippen molar-refractivity contribution in [3.8, 4) is 17.2 Å². The van der Waals surface area contributed by atoms with Crippen LogP contribution in [-0.2, 0) is 19.1 Å². The number of rotatable bonds is 6. The Balaban J connectivity index is 2.16. The minimum absolute atomic E-state index is 0.0916. The molecule has 0 radical (unpaired) electrons. The third-order valence-electron chi connectivity index (χ3n) is 3.84. The minimum Gasteiger partial charge on any atom is -0.508 e. The molecule has 0 unspecified atom stereocenters. The van der Waals surface area contributed by atoms with Crippen LogP contribution >= 0.6 is 0 Å². The maximum Gasteiger partial charge on any atom is 0.331 e. The third kappa shape index (κ3) is 5.50. The fraction of sp³-hybridized carbons (Fsp3) is 0.200. The Morgan fingerprint density at radius 3 is 2.37 bits per heavy atom. The molecule has 7 nitrogen and oxygen atoms in total. The molecule has 0 aromatic heterocycles. The van der Waals surface area contributed by atoms with Crippen LogP contribution < -0.4 is 0 Å². The van der Waals surface area contributed by atoms with E-state index in [9.17, 15) is 24.9 Å². The molecule has 0 bridgehead atoms. The quantitative estimate of drug-likeness (QED) is 0.406. The molecule has 142 valence electrons. The molecule has 2 rings (SSSR count). The van der Waals surface area contributed by atoms with Gasteiger partial charge in [-0.3, -0.25) is 4.79 Å². The van der Waals surface area contributed by atoms with Crippen LogP contribution in [0.25, 0.3) is 6.08 Å². The highest BCUT2D eigenvalue weighted by Gasteiger charge is 2.21. The van der Waals surface area contributed by atoms with Crippen LogP contribution in [0.4, 0.5) is 0 Å². The summed E-state index contributed by atoms with van der Waals surface area (Å²) in [6, 6.07) is 8.73. The number of benzene rings is 2. The highest BCUT2D eigenvalue weighted by molar-refractivity contribution is 5.87. The monoisotopic (exact) mass is 372 g/mol. The summed E-state index contributed by atoms with van der Waals surface area (Å²) in [5.74, 6) is -1.74. The Kier molecular flexibility index (Phi) is 6.43. The lowest BCUT2D eigenvalue weighted by Crippen LogP contribution is -2.15. The van der Waals surface area contributed by atoms with E-state index >= 15 is 0 Å². The van der Waals surface area contributed by atoms with E-state index < -0.39 is 18.0 Å². The number of aryl methyl sites for hydroxylation is 1. The van der Waals surface area contributed by atoms with E-state index in [-0.39, 0.29) is 23.7 Å². The van der Waals surface area contributed by atoms with E-state index in [0.717, 1.165) is 6.08 Å². The van der Waals surface area contributed by atoms with Gasteiger partial charge in [-0.15, -0.1) is 0 Å². The fourth-order valence-electron chi connectivity index (χ4n) is 2.33. The van der Waals surface area contributed by atoms with Gasteiger partial charge in [0.15, 0.2) is 11.5 Å². The Hall–Kier alpha value is -3.48. The summed E-state index contributed by atoms with van der Waals surface area (Å²) >= 11 is 0. The molecule has 0 amide bonds. The second-order valence-corrected chi connectivity index (χ2v) is 5.83. The first-order chi connectivity index (χ1) is 12.8. The molecular formula is C20H20O7. The van der Waals surface area contributed by atoms with Gasteiger partial charge in [0, 0.05) is 6.08 Å². The van der Waals surface area contributed by atoms with Crippen molar-refractivity contribution >= 4 is 18.0 Å². The van der Waals surface area contributed by atoms with Crippen molar-refractivity contribution in [1.82, 2.24) is 0 Å². The van der Waals surface area contributed by atoms with Gasteiger partial charge in [0.25, 0.3) is 0 Å². The van der Waals surface area contributed by atoms with Gasteiger partial charge in [-0.1, -0.05) is 12.1 Å². The molecule has 0 heterocycles. The second-order valence-electron chi connectivity index (χ2n) is 5.83. The molecule has 0 saturated heterocycles. The third-order valence-corrected chi connectivity index (χ3v) is 3.84. The van der Waals surface area contributed by atoms with Crippen molar-refractivity contribution in [3.63, 3.8) is 0 Å². The fourth-order valence-corrected chi connectivity index (χ4v) is 2.33. The van der Waals surface area contributed by atoms with Gasteiger partial charge in [-0.2, -0.15) is 0 Å². The molecule has 27 heavy (non-hydrogen) atoms. The lowest BCUT2D eigenvalue weighted by Gasteiger charge is -2.17. The zero-order chi connectivity index (χ0) is 20.0. The summed E-state index contributed by atoms with van der Waals surface area (Å²) < 4.78 is 10.0. The van der Waals surface area contributed by atoms with Crippen LogP contribution in [0, 0.1) is 6.92 Å². The van der Waals surface area contributed by atoms with Crippen molar-refractivity contribution in [2.75, 3.05) is 7.11 Å². The first kappa shape index (κ1) is 19.8. The Bertz CT molecular complexity index is 871. The number of methoxy groups -OCH3 is 1. The lowest BCUT2D eigenvalue weighted by atomic mass is 10.0. The van der Waals surface area contributed by atoms with Crippen LogP contribution in [0.3, 0.4) is 0 Å². The maximum atomic E-state index is 12.2. The summed E-state index contributed by atoms with van der Waals surface area (Å²) in [6.07, 6.45) is 1.48. The number of phenols is 3. The van der Waals surface area contributed by atoms with Crippen molar-refractivity contribution in [1.29, 1.82) is 0 Å². The Morgan fingerprint density at radius 2 is 1.74 bits per heavy atom. The number of hydrogen-bond acceptors (Lipinski definition) is 7. The average Bonchev–Trinajstić information content (AvgIpc) is 2.64. The van der Waals surface area contributed by atoms with E-state index in [1.807, 2.05) is 0 Å². The van der Waals surface area contributed by atoms with E-state index in [1.165, 1.54) is 37.5 Å². The molecule has 0 spiro atoms. The molecule has 1 atom stereocenters. The van der Waals surface area contributed by atoms with E-state index in [1.54, 1.807) is 19.1 Å². The summed E-state index contributed by atoms with van der Waals surface area (Å²) in [5.41, 5.74) is 1.60. The molecule has 0 aliphatic heterocycles. The van der Waals surface area contributed by atoms with Crippen molar-refractivity contribution in [2.24, 2.45) is 0 Å². The van der Waals surface area contributed by atoms with Crippen molar-refractivity contribution < 1.29 is 34.4 Å². The van der Waals surface area contributed by atoms with E-state index in [0.29, 0.717) is 16.7 Å². The predicted octanol–water partition coefficient (Wildman–Crippen LogP) is 2.97. The SMILES string of the molecule is COC(=O)C[C@H](OC(=O)/C=C/c1ccc(O)c(O)c1)c1ccc(O)c(C)c1. The molecule has 0 aliphatic rings. The molecule has 2 aromatic carbocycles. The number of hydrogen-bond donors (Lipinski definition) is 3. The van der Waals surface area contributed by atoms with Crippen LogP contribution in [0.5, 0.6) is 17.2 Å². The standard InChI is InChI=1S/C20H20O7/c1-12-9-14(5-7-15(12)21)18(11-20(25)26-2)27-19(24)8-4-13-3-6-16(22)17(23)10-13/h3-10,18,21-23H,11H2,1-2H3/b8-4+/t18-/m0/s1. The summed E-state index contributed by atoms with van der Waals surface area (Å²) in [4.78, 5) is 23.8. The smallest absolute Gasteiger partial charge is 0.331 e. The number of carbonyl (C=O) groups is 2. The molecule has 0 aliphatic carbocycles. The zero-order valence-corrected chi connectivity index (χ0v) is 14.9. The Morgan fingerprint density at radius 1 is 1.04 bits per heavy atom. The van der Waals surface area contributed by atoms with E-state index in [2.05, 4.69) is 4.74 Å². The van der Waals surface area contributed by atoms with Gasteiger partial charge in [-0.05, 0) is 54.0 Å². The minimum atomic E-state index is -0.887. The van der Waals surface area contributed by atoms with Crippen LogP contribution in [0.1, 0.15) is 29.2 Å². The van der Waals surface area contributed by atoms with Gasteiger partial charge >= 0.3 is 11.9 Å². The molecular weight excluding hydrogens is 352 g/mol. The highest BCUT2D eigenvalue weighted by atomic mass is 16.6. The molecule has 3 N–H and O–H groups in total. The molecule has 2 aromatic rings. The lowest BCUT2D eigenvalue weighted by molar-refractivity contribution is -0.150. The Labute approximate surface area is 156 Å². The number of carbonyl (C=O) groups excluding carboxylic acids is 2. The van der Waals surface area contributed by atoms with Crippen molar-refractivity contribution in [2.45, 2.75) is 19.4 Å². The first-order valence-electron chi connectivity index (χ1n) is 8.07. The van der Waals surface area contributed by atoms with Crippen molar-refractivity contribution in [3.05, 3.63) is 59.2 Å². The largest absolute Gasteiger partial charge is 0.508 e. The highest BCUT2D eigenvalue weighted by Crippen LogP contribution is 2.28.